The number of rotatable bonds is 0. The van der Waals surface area contributed by atoms with Crippen LogP contribution in [-0.2, 0) is 4.79 Å². The van der Waals surface area contributed by atoms with Crippen LogP contribution in [0.3, 0.4) is 0 Å². The second-order valence-electron chi connectivity index (χ2n) is 3.77. The smallest absolute Gasteiger partial charge is 0.132 e. The lowest BCUT2D eigenvalue weighted by Crippen LogP contribution is -2.27. The van der Waals surface area contributed by atoms with Crippen molar-refractivity contribution < 1.29 is 4.79 Å². The molecule has 0 amide bonds. The molecular formula is C9H13NO. The van der Waals surface area contributed by atoms with Crippen LogP contribution in [0.4, 0.5) is 0 Å². The zero-order chi connectivity index (χ0) is 7.73. The number of carbonyl (C=O) groups is 1. The van der Waals surface area contributed by atoms with E-state index in [4.69, 9.17) is 0 Å². The van der Waals surface area contributed by atoms with Gasteiger partial charge in [0.25, 0.3) is 0 Å². The Morgan fingerprint density at radius 3 is 2.64 bits per heavy atom. The van der Waals surface area contributed by atoms with Crippen LogP contribution in [0.25, 0.3) is 0 Å². The van der Waals surface area contributed by atoms with Crippen LogP contribution in [0.2, 0.25) is 0 Å². The normalized spacial score (nSPS) is 28.2. The topological polar surface area (TPSA) is 29.4 Å². The van der Waals surface area contributed by atoms with Crippen LogP contribution < -0.4 is 0 Å². The molecule has 2 heteroatoms. The Hall–Kier alpha value is -0.660. The van der Waals surface area contributed by atoms with Gasteiger partial charge in [-0.05, 0) is 30.9 Å². The number of hydrogen-bond acceptors (Lipinski definition) is 2. The first kappa shape index (κ1) is 7.01. The van der Waals surface area contributed by atoms with Gasteiger partial charge in [0.2, 0.25) is 0 Å². The van der Waals surface area contributed by atoms with Crippen molar-refractivity contribution in [1.82, 2.24) is 0 Å². The number of hydrogen-bond donors (Lipinski definition) is 0. The molecule has 0 atom stereocenters. The predicted molar refractivity (Wildman–Crippen MR) is 43.9 cm³/mol. The second-order valence-corrected chi connectivity index (χ2v) is 3.77. The van der Waals surface area contributed by atoms with Crippen LogP contribution >= 0.6 is 0 Å². The first-order valence-electron chi connectivity index (χ1n) is 4.31. The maximum absolute atomic E-state index is 11.0. The predicted octanol–water partition coefficient (Wildman–Crippen LogP) is 1.59. The van der Waals surface area contributed by atoms with Crippen molar-refractivity contribution in [3.8, 4) is 0 Å². The molecule has 1 spiro atoms. The highest BCUT2D eigenvalue weighted by Crippen LogP contribution is 2.39. The second kappa shape index (κ2) is 2.43. The summed E-state index contributed by atoms with van der Waals surface area (Å²) >= 11 is 0. The summed E-state index contributed by atoms with van der Waals surface area (Å²) in [6.45, 7) is 0.972. The van der Waals surface area contributed by atoms with Gasteiger partial charge in [0.05, 0.1) is 0 Å². The molecule has 1 saturated carbocycles. The van der Waals surface area contributed by atoms with E-state index in [2.05, 4.69) is 4.99 Å². The van der Waals surface area contributed by atoms with Crippen LogP contribution in [0.5, 0.6) is 0 Å². The van der Waals surface area contributed by atoms with Gasteiger partial charge in [-0.3, -0.25) is 9.79 Å². The lowest BCUT2D eigenvalue weighted by atomic mass is 9.73. The SMILES string of the molecule is O=C1CCC2(CC=NC2)CC1. The molecule has 1 heterocycles. The molecule has 0 aromatic rings. The summed E-state index contributed by atoms with van der Waals surface area (Å²) < 4.78 is 0. The molecule has 2 nitrogen and oxygen atoms in total. The molecule has 60 valence electrons. The molecule has 2 aliphatic rings. The summed E-state index contributed by atoms with van der Waals surface area (Å²) in [6.07, 6.45) is 6.88. The van der Waals surface area contributed by atoms with Gasteiger partial charge in [-0.1, -0.05) is 0 Å². The van der Waals surface area contributed by atoms with Gasteiger partial charge in [0, 0.05) is 19.4 Å². The molecule has 11 heavy (non-hydrogen) atoms. The van der Waals surface area contributed by atoms with Crippen LogP contribution in [-0.4, -0.2) is 18.5 Å². The molecule has 0 bridgehead atoms. The number of Topliss-reactive ketones (excluding diaryl/α,β-unsaturated/α-hetero) is 1. The Balaban J connectivity index is 2.01. The Kier molecular flexibility index (Phi) is 1.55. The van der Waals surface area contributed by atoms with E-state index in [0.29, 0.717) is 11.2 Å². The van der Waals surface area contributed by atoms with E-state index in [0.717, 1.165) is 38.6 Å². The molecule has 0 radical (unpaired) electrons. The van der Waals surface area contributed by atoms with Crippen molar-refractivity contribution >= 4 is 12.0 Å². The molecule has 0 N–H and O–H groups in total. The van der Waals surface area contributed by atoms with Crippen molar-refractivity contribution in [2.75, 3.05) is 6.54 Å². The molecule has 0 unspecified atom stereocenters. The van der Waals surface area contributed by atoms with E-state index in [1.165, 1.54) is 0 Å². The Morgan fingerprint density at radius 2 is 2.09 bits per heavy atom. The Labute approximate surface area is 66.7 Å². The molecule has 0 saturated heterocycles. The minimum Gasteiger partial charge on any atom is -0.300 e. The molecular weight excluding hydrogens is 138 g/mol. The highest BCUT2D eigenvalue weighted by molar-refractivity contribution is 5.79. The first-order chi connectivity index (χ1) is 5.31. The quantitative estimate of drug-likeness (QED) is 0.517. The van der Waals surface area contributed by atoms with Gasteiger partial charge in [-0.15, -0.1) is 0 Å². The molecule has 2 rings (SSSR count). The fourth-order valence-electron chi connectivity index (χ4n) is 2.00. The lowest BCUT2D eigenvalue weighted by Gasteiger charge is -2.30. The third kappa shape index (κ3) is 1.22. The number of nitrogens with zero attached hydrogens (tertiary/aromatic N) is 1. The molecule has 0 aromatic heterocycles. The fourth-order valence-corrected chi connectivity index (χ4v) is 2.00. The lowest BCUT2D eigenvalue weighted by molar-refractivity contribution is -0.122. The van der Waals surface area contributed by atoms with E-state index >= 15 is 0 Å². The maximum Gasteiger partial charge on any atom is 0.132 e. The van der Waals surface area contributed by atoms with Crippen LogP contribution in [0.1, 0.15) is 32.1 Å². The average Bonchev–Trinajstić information content (AvgIpc) is 2.45. The van der Waals surface area contributed by atoms with E-state index < -0.39 is 0 Å². The largest absolute Gasteiger partial charge is 0.300 e. The van der Waals surface area contributed by atoms with Gasteiger partial charge in [-0.2, -0.15) is 0 Å². The van der Waals surface area contributed by atoms with Gasteiger partial charge < -0.3 is 0 Å². The Morgan fingerprint density at radius 1 is 1.36 bits per heavy atom. The standard InChI is InChI=1S/C9H13NO/c11-8-1-3-9(4-2-8)5-6-10-7-9/h6H,1-5,7H2. The van der Waals surface area contributed by atoms with Crippen LogP contribution in [0.15, 0.2) is 4.99 Å². The third-order valence-corrected chi connectivity index (χ3v) is 2.95. The molecule has 1 aliphatic carbocycles. The first-order valence-corrected chi connectivity index (χ1v) is 4.31. The zero-order valence-electron chi connectivity index (χ0n) is 6.68. The highest BCUT2D eigenvalue weighted by atomic mass is 16.1. The minimum absolute atomic E-state index is 0.411. The average molecular weight is 151 g/mol. The van der Waals surface area contributed by atoms with Crippen LogP contribution in [0, 0.1) is 5.41 Å². The summed E-state index contributed by atoms with van der Waals surface area (Å²) in [5.74, 6) is 0.447. The van der Waals surface area contributed by atoms with Gasteiger partial charge in [0.1, 0.15) is 5.78 Å². The number of ketones is 1. The van der Waals surface area contributed by atoms with E-state index in [1.807, 2.05) is 6.21 Å². The minimum atomic E-state index is 0.411. The maximum atomic E-state index is 11.0. The highest BCUT2D eigenvalue weighted by Gasteiger charge is 2.35. The summed E-state index contributed by atoms with van der Waals surface area (Å²) in [5.41, 5.74) is 0.411. The van der Waals surface area contributed by atoms with Crippen molar-refractivity contribution in [2.24, 2.45) is 10.4 Å². The Bertz CT molecular complexity index is 188. The zero-order valence-corrected chi connectivity index (χ0v) is 6.68. The third-order valence-electron chi connectivity index (χ3n) is 2.95. The summed E-state index contributed by atoms with van der Waals surface area (Å²) in [4.78, 5) is 15.2. The number of carbonyl (C=O) groups excluding carboxylic acids is 1. The molecule has 0 aromatic carbocycles. The summed E-state index contributed by atoms with van der Waals surface area (Å²) in [6, 6.07) is 0. The van der Waals surface area contributed by atoms with Crippen molar-refractivity contribution in [1.29, 1.82) is 0 Å². The van der Waals surface area contributed by atoms with Crippen molar-refractivity contribution in [3.63, 3.8) is 0 Å². The number of aliphatic imine (C=N–C) groups is 1. The van der Waals surface area contributed by atoms with Gasteiger partial charge >= 0.3 is 0 Å². The van der Waals surface area contributed by atoms with E-state index in [1.54, 1.807) is 0 Å². The molecule has 1 fully saturated rings. The summed E-state index contributed by atoms with van der Waals surface area (Å²) in [5, 5.41) is 0. The van der Waals surface area contributed by atoms with Gasteiger partial charge in [-0.25, -0.2) is 0 Å². The van der Waals surface area contributed by atoms with Gasteiger partial charge in [0.15, 0.2) is 0 Å². The molecule has 1 aliphatic heterocycles. The monoisotopic (exact) mass is 151 g/mol. The van der Waals surface area contributed by atoms with Crippen molar-refractivity contribution in [3.05, 3.63) is 0 Å². The fraction of sp³-hybridized carbons (Fsp3) is 0.778. The van der Waals surface area contributed by atoms with E-state index in [9.17, 15) is 4.79 Å². The van der Waals surface area contributed by atoms with Crippen molar-refractivity contribution in [2.45, 2.75) is 32.1 Å². The summed E-state index contributed by atoms with van der Waals surface area (Å²) in [7, 11) is 0. The van der Waals surface area contributed by atoms with E-state index in [-0.39, 0.29) is 0 Å².